The highest BCUT2D eigenvalue weighted by atomic mass is 79.9. The molecule has 0 aromatic heterocycles. The van der Waals surface area contributed by atoms with Gasteiger partial charge in [-0.1, -0.05) is 15.9 Å². The summed E-state index contributed by atoms with van der Waals surface area (Å²) in [5, 5.41) is 0. The number of Topliss-reactive ketones (excluding diaryl/α,β-unsaturated/α-hetero) is 1. The summed E-state index contributed by atoms with van der Waals surface area (Å²) in [4.78, 5) is 11.2. The molecule has 0 atom stereocenters. The molecule has 0 unspecified atom stereocenters. The Balaban J connectivity index is 3.35. The second-order valence-corrected chi connectivity index (χ2v) is 3.79. The molecule has 82 valence electrons. The first-order valence-electron chi connectivity index (χ1n) is 4.14. The molecule has 0 fully saturated rings. The van der Waals surface area contributed by atoms with Crippen LogP contribution in [-0.4, -0.2) is 12.9 Å². The maximum Gasteiger partial charge on any atom is 0.265 e. The smallest absolute Gasteiger partial charge is 0.265 e. The van der Waals surface area contributed by atoms with Crippen molar-refractivity contribution in [1.29, 1.82) is 0 Å². The first-order valence-corrected chi connectivity index (χ1v) is 4.93. The number of ether oxygens (including phenoxy) is 1. The van der Waals surface area contributed by atoms with Crippen molar-refractivity contribution in [3.63, 3.8) is 0 Å². The first kappa shape index (κ1) is 12.1. The standard InChI is InChI=1S/C10H9BrF2O2/c1-5(14)6-3-8(11)7(10(12)13)4-9(6)15-2/h3-4,10H,1-2H3. The van der Waals surface area contributed by atoms with Crippen LogP contribution in [-0.2, 0) is 0 Å². The minimum atomic E-state index is -2.60. The van der Waals surface area contributed by atoms with E-state index in [0.717, 1.165) is 0 Å². The molecule has 0 amide bonds. The van der Waals surface area contributed by atoms with Gasteiger partial charge in [-0.2, -0.15) is 0 Å². The Labute approximate surface area is 94.4 Å². The lowest BCUT2D eigenvalue weighted by atomic mass is 10.1. The van der Waals surface area contributed by atoms with E-state index in [4.69, 9.17) is 4.74 Å². The summed E-state index contributed by atoms with van der Waals surface area (Å²) in [6.07, 6.45) is -2.60. The molecular weight excluding hydrogens is 270 g/mol. The SMILES string of the molecule is COc1cc(C(F)F)c(Br)cc1C(C)=O. The molecule has 0 spiro atoms. The Bertz CT molecular complexity index is 391. The van der Waals surface area contributed by atoms with E-state index in [-0.39, 0.29) is 27.1 Å². The van der Waals surface area contributed by atoms with Gasteiger partial charge in [-0.25, -0.2) is 8.78 Å². The van der Waals surface area contributed by atoms with E-state index in [9.17, 15) is 13.6 Å². The van der Waals surface area contributed by atoms with Gasteiger partial charge in [-0.15, -0.1) is 0 Å². The summed E-state index contributed by atoms with van der Waals surface area (Å²) in [5.74, 6) is -0.0608. The van der Waals surface area contributed by atoms with E-state index in [2.05, 4.69) is 15.9 Å². The van der Waals surface area contributed by atoms with Crippen LogP contribution >= 0.6 is 15.9 Å². The topological polar surface area (TPSA) is 26.3 Å². The van der Waals surface area contributed by atoms with Crippen LogP contribution in [0.2, 0.25) is 0 Å². The minimum Gasteiger partial charge on any atom is -0.496 e. The second-order valence-electron chi connectivity index (χ2n) is 2.93. The van der Waals surface area contributed by atoms with Gasteiger partial charge in [0, 0.05) is 10.0 Å². The third-order valence-electron chi connectivity index (χ3n) is 1.93. The second kappa shape index (κ2) is 4.70. The summed E-state index contributed by atoms with van der Waals surface area (Å²) in [7, 11) is 1.34. The van der Waals surface area contributed by atoms with Crippen molar-refractivity contribution in [3.8, 4) is 5.75 Å². The van der Waals surface area contributed by atoms with Gasteiger partial charge in [0.15, 0.2) is 5.78 Å². The van der Waals surface area contributed by atoms with Gasteiger partial charge >= 0.3 is 0 Å². The normalized spacial score (nSPS) is 10.5. The summed E-state index contributed by atoms with van der Waals surface area (Å²) in [6.45, 7) is 1.35. The third-order valence-corrected chi connectivity index (χ3v) is 2.62. The van der Waals surface area contributed by atoms with Gasteiger partial charge in [0.2, 0.25) is 0 Å². The lowest BCUT2D eigenvalue weighted by molar-refractivity contribution is 0.101. The molecule has 0 saturated carbocycles. The van der Waals surface area contributed by atoms with Crippen LogP contribution in [0.15, 0.2) is 16.6 Å². The molecule has 1 aromatic rings. The molecule has 0 N–H and O–H groups in total. The van der Waals surface area contributed by atoms with Crippen molar-refractivity contribution < 1.29 is 18.3 Å². The molecule has 1 rings (SSSR count). The van der Waals surface area contributed by atoms with Crippen LogP contribution in [0.3, 0.4) is 0 Å². The van der Waals surface area contributed by atoms with Crippen LogP contribution in [0.4, 0.5) is 8.78 Å². The Hall–Kier alpha value is -0.970. The van der Waals surface area contributed by atoms with E-state index in [0.29, 0.717) is 0 Å². The highest BCUT2D eigenvalue weighted by Crippen LogP contribution is 2.33. The Morgan fingerprint density at radius 2 is 2.07 bits per heavy atom. The number of hydrogen-bond donors (Lipinski definition) is 0. The maximum absolute atomic E-state index is 12.5. The van der Waals surface area contributed by atoms with Crippen LogP contribution < -0.4 is 4.74 Å². The third kappa shape index (κ3) is 2.53. The Kier molecular flexibility index (Phi) is 3.79. The van der Waals surface area contributed by atoms with Crippen LogP contribution in [0.1, 0.15) is 29.3 Å². The maximum atomic E-state index is 12.5. The molecule has 0 saturated heterocycles. The average molecular weight is 279 g/mol. The summed E-state index contributed by atoms with van der Waals surface area (Å²) in [6, 6.07) is 2.52. The van der Waals surface area contributed by atoms with E-state index >= 15 is 0 Å². The molecule has 0 heterocycles. The molecule has 5 heteroatoms. The lowest BCUT2D eigenvalue weighted by Gasteiger charge is -2.10. The van der Waals surface area contributed by atoms with Crippen LogP contribution in [0, 0.1) is 0 Å². The monoisotopic (exact) mass is 278 g/mol. The fourth-order valence-electron chi connectivity index (χ4n) is 1.18. The molecule has 15 heavy (non-hydrogen) atoms. The van der Waals surface area contributed by atoms with E-state index in [1.807, 2.05) is 0 Å². The number of halogens is 3. The fraction of sp³-hybridized carbons (Fsp3) is 0.300. The van der Waals surface area contributed by atoms with Crippen molar-refractivity contribution >= 4 is 21.7 Å². The van der Waals surface area contributed by atoms with Gasteiger partial charge < -0.3 is 4.74 Å². The number of benzene rings is 1. The molecule has 0 aliphatic rings. The Morgan fingerprint density at radius 1 is 1.47 bits per heavy atom. The van der Waals surface area contributed by atoms with E-state index in [1.165, 1.54) is 26.2 Å². The quantitative estimate of drug-likeness (QED) is 0.790. The molecule has 0 bridgehead atoms. The number of carbonyl (C=O) groups excluding carboxylic acids is 1. The molecule has 0 aliphatic carbocycles. The summed E-state index contributed by atoms with van der Waals surface area (Å²) in [5.41, 5.74) is 0.102. The number of rotatable bonds is 3. The predicted octanol–water partition coefficient (Wildman–Crippen LogP) is 3.60. The Morgan fingerprint density at radius 3 is 2.47 bits per heavy atom. The van der Waals surface area contributed by atoms with Crippen molar-refractivity contribution in [3.05, 3.63) is 27.7 Å². The molecule has 1 aromatic carbocycles. The van der Waals surface area contributed by atoms with Gasteiger partial charge in [0.05, 0.1) is 12.7 Å². The van der Waals surface area contributed by atoms with E-state index in [1.54, 1.807) is 0 Å². The van der Waals surface area contributed by atoms with E-state index < -0.39 is 6.43 Å². The van der Waals surface area contributed by atoms with Crippen LogP contribution in [0.25, 0.3) is 0 Å². The zero-order valence-electron chi connectivity index (χ0n) is 8.18. The van der Waals surface area contributed by atoms with Crippen LogP contribution in [0.5, 0.6) is 5.75 Å². The lowest BCUT2D eigenvalue weighted by Crippen LogP contribution is -2.00. The van der Waals surface area contributed by atoms with Crippen molar-refractivity contribution in [2.75, 3.05) is 7.11 Å². The number of hydrogen-bond acceptors (Lipinski definition) is 2. The first-order chi connectivity index (χ1) is 6.97. The van der Waals surface area contributed by atoms with Gasteiger partial charge in [0.1, 0.15) is 5.75 Å². The van der Waals surface area contributed by atoms with Gasteiger partial charge in [-0.05, 0) is 19.1 Å². The predicted molar refractivity (Wildman–Crippen MR) is 55.7 cm³/mol. The molecular formula is C10H9BrF2O2. The number of methoxy groups -OCH3 is 1. The summed E-state index contributed by atoms with van der Waals surface area (Å²) < 4.78 is 30.1. The van der Waals surface area contributed by atoms with Gasteiger partial charge in [0.25, 0.3) is 6.43 Å². The fourth-order valence-corrected chi connectivity index (χ4v) is 1.70. The number of alkyl halides is 2. The van der Waals surface area contributed by atoms with Crippen molar-refractivity contribution in [1.82, 2.24) is 0 Å². The molecule has 0 radical (unpaired) electrons. The zero-order valence-corrected chi connectivity index (χ0v) is 9.77. The highest BCUT2D eigenvalue weighted by Gasteiger charge is 2.17. The van der Waals surface area contributed by atoms with Crippen molar-refractivity contribution in [2.24, 2.45) is 0 Å². The number of carbonyl (C=O) groups is 1. The van der Waals surface area contributed by atoms with Gasteiger partial charge in [-0.3, -0.25) is 4.79 Å². The van der Waals surface area contributed by atoms with Crippen molar-refractivity contribution in [2.45, 2.75) is 13.3 Å². The number of ketones is 1. The highest BCUT2D eigenvalue weighted by molar-refractivity contribution is 9.10. The molecule has 0 aliphatic heterocycles. The minimum absolute atomic E-state index is 0.168. The zero-order chi connectivity index (χ0) is 11.6. The summed E-state index contributed by atoms with van der Waals surface area (Å²) >= 11 is 2.99. The molecule has 2 nitrogen and oxygen atoms in total. The average Bonchev–Trinajstić information content (AvgIpc) is 2.16. The largest absolute Gasteiger partial charge is 0.496 e.